The molecule has 0 aromatic heterocycles. The molecule has 7 aromatic rings. The van der Waals surface area contributed by atoms with Crippen molar-refractivity contribution in [1.29, 1.82) is 0 Å². The fourth-order valence-corrected chi connectivity index (χ4v) is 10.1. The van der Waals surface area contributed by atoms with Crippen molar-refractivity contribution in [3.8, 4) is 11.1 Å². The highest BCUT2D eigenvalue weighted by molar-refractivity contribution is 5.81. The SMILES string of the molecule is c1ccc(N(c2ccccc2)c2ccc3c(c2)[C@@]2(CC3)CCc3ccc(N(c4ccccc4)c4ccc(-c5ccc(C6CCCCC6)cc5)cc4)cc32)cc1. The van der Waals surface area contributed by atoms with Gasteiger partial charge in [-0.15, -0.1) is 0 Å². The molecule has 0 saturated heterocycles. The maximum absolute atomic E-state index is 2.53. The van der Waals surface area contributed by atoms with Crippen LogP contribution in [0.3, 0.4) is 0 Å². The van der Waals surface area contributed by atoms with E-state index in [0.29, 0.717) is 0 Å². The molecule has 1 fully saturated rings. The third-order valence-electron chi connectivity index (χ3n) is 12.9. The fraction of sp³-hybridized carbons (Fsp3) is 0.208. The summed E-state index contributed by atoms with van der Waals surface area (Å²) in [6, 6.07) is 65.6. The van der Waals surface area contributed by atoms with Crippen LogP contribution in [0.4, 0.5) is 34.1 Å². The van der Waals surface area contributed by atoms with E-state index in [4.69, 9.17) is 0 Å². The van der Waals surface area contributed by atoms with Gasteiger partial charge in [-0.1, -0.05) is 122 Å². The van der Waals surface area contributed by atoms with Crippen molar-refractivity contribution in [3.05, 3.63) is 204 Å². The second-order valence-corrected chi connectivity index (χ2v) is 15.9. The zero-order valence-corrected chi connectivity index (χ0v) is 31.6. The molecule has 0 bridgehead atoms. The van der Waals surface area contributed by atoms with Crippen LogP contribution in [0.25, 0.3) is 11.1 Å². The molecule has 1 saturated carbocycles. The number of benzene rings is 7. The lowest BCUT2D eigenvalue weighted by Crippen LogP contribution is -2.22. The van der Waals surface area contributed by atoms with Gasteiger partial charge in [0.2, 0.25) is 0 Å². The molecule has 3 aliphatic rings. The van der Waals surface area contributed by atoms with Crippen molar-refractivity contribution < 1.29 is 0 Å². The maximum Gasteiger partial charge on any atom is 0.0464 e. The summed E-state index contributed by atoms with van der Waals surface area (Å²) in [6.45, 7) is 0. The minimum Gasteiger partial charge on any atom is -0.310 e. The van der Waals surface area contributed by atoms with E-state index in [0.717, 1.165) is 31.6 Å². The van der Waals surface area contributed by atoms with Crippen LogP contribution >= 0.6 is 0 Å². The number of hydrogen-bond donors (Lipinski definition) is 0. The molecule has 0 unspecified atom stereocenters. The topological polar surface area (TPSA) is 6.48 Å². The third kappa shape index (κ3) is 6.24. The van der Waals surface area contributed by atoms with E-state index in [9.17, 15) is 0 Å². The van der Waals surface area contributed by atoms with Crippen LogP contribution < -0.4 is 9.80 Å². The number of fused-ring (bicyclic) bond motifs is 4. The zero-order valence-electron chi connectivity index (χ0n) is 31.6. The first kappa shape index (κ1) is 33.7. The Balaban J connectivity index is 1.01. The first-order valence-electron chi connectivity index (χ1n) is 20.5. The molecule has 7 aromatic carbocycles. The molecule has 3 aliphatic carbocycles. The lowest BCUT2D eigenvalue weighted by atomic mass is 9.76. The lowest BCUT2D eigenvalue weighted by Gasteiger charge is -2.31. The van der Waals surface area contributed by atoms with E-state index >= 15 is 0 Å². The minimum absolute atomic E-state index is 0.00569. The summed E-state index contributed by atoms with van der Waals surface area (Å²) in [5.41, 5.74) is 17.2. The van der Waals surface area contributed by atoms with E-state index in [2.05, 4.69) is 186 Å². The minimum atomic E-state index is 0.00569. The third-order valence-corrected chi connectivity index (χ3v) is 12.9. The second kappa shape index (κ2) is 14.4. The van der Waals surface area contributed by atoms with Gasteiger partial charge in [-0.2, -0.15) is 0 Å². The number of para-hydroxylation sites is 3. The Bertz CT molecular complexity index is 2350. The summed E-state index contributed by atoms with van der Waals surface area (Å²) < 4.78 is 0. The van der Waals surface area contributed by atoms with Gasteiger partial charge < -0.3 is 9.80 Å². The number of rotatable bonds is 8. The van der Waals surface area contributed by atoms with Gasteiger partial charge in [0.05, 0.1) is 0 Å². The van der Waals surface area contributed by atoms with Crippen molar-refractivity contribution in [2.75, 3.05) is 9.80 Å². The highest BCUT2D eigenvalue weighted by Gasteiger charge is 2.45. The summed E-state index contributed by atoms with van der Waals surface area (Å²) in [5, 5.41) is 0. The molecular weight excluding hydrogens is 665 g/mol. The van der Waals surface area contributed by atoms with Crippen LogP contribution in [0, 0.1) is 0 Å². The summed E-state index contributed by atoms with van der Waals surface area (Å²) in [5.74, 6) is 0.731. The van der Waals surface area contributed by atoms with E-state index in [1.165, 1.54) is 105 Å². The number of anilines is 6. The predicted molar refractivity (Wildman–Crippen MR) is 231 cm³/mol. The largest absolute Gasteiger partial charge is 0.310 e. The van der Waals surface area contributed by atoms with Crippen LogP contribution in [0.1, 0.15) is 78.7 Å². The highest BCUT2D eigenvalue weighted by Crippen LogP contribution is 2.55. The molecule has 55 heavy (non-hydrogen) atoms. The quantitative estimate of drug-likeness (QED) is 0.155. The van der Waals surface area contributed by atoms with Crippen LogP contribution in [-0.4, -0.2) is 0 Å². The molecular formula is C53H48N2. The van der Waals surface area contributed by atoms with E-state index in [1.807, 2.05) is 0 Å². The van der Waals surface area contributed by atoms with Gasteiger partial charge in [0.15, 0.2) is 0 Å². The average Bonchev–Trinajstić information content (AvgIpc) is 3.83. The number of nitrogens with zero attached hydrogens (tertiary/aromatic N) is 2. The molecule has 0 radical (unpaired) electrons. The lowest BCUT2D eigenvalue weighted by molar-refractivity contribution is 0.443. The van der Waals surface area contributed by atoms with Gasteiger partial charge >= 0.3 is 0 Å². The molecule has 0 heterocycles. The standard InChI is InChI=1S/C53H48N2/c1-5-13-39(14-6-1)40-21-23-41(24-22-40)42-25-29-48(30-26-42)55(47-19-11-4-12-20-47)50-32-28-44-34-36-53(52(44)38-50)35-33-43-27-31-49(37-51(43)53)54(45-15-7-2-8-16-45)46-17-9-3-10-18-46/h2-4,7-12,15-32,37-39H,1,5-6,13-14,33-36H2/t53-/m1/s1. The Morgan fingerprint density at radius 3 is 1.24 bits per heavy atom. The van der Waals surface area contributed by atoms with Gasteiger partial charge in [-0.05, 0) is 156 Å². The highest BCUT2D eigenvalue weighted by atomic mass is 15.1. The molecule has 0 N–H and O–H groups in total. The summed E-state index contributed by atoms with van der Waals surface area (Å²) in [7, 11) is 0. The van der Waals surface area contributed by atoms with Gasteiger partial charge in [-0.3, -0.25) is 0 Å². The second-order valence-electron chi connectivity index (χ2n) is 15.9. The first-order valence-corrected chi connectivity index (χ1v) is 20.5. The van der Waals surface area contributed by atoms with Crippen LogP contribution in [0.2, 0.25) is 0 Å². The number of aryl methyl sites for hydroxylation is 2. The molecule has 10 rings (SSSR count). The Labute approximate surface area is 326 Å². The first-order chi connectivity index (χ1) is 27.2. The zero-order chi connectivity index (χ0) is 36.6. The average molecular weight is 713 g/mol. The van der Waals surface area contributed by atoms with E-state index in [-0.39, 0.29) is 5.41 Å². The molecule has 1 spiro atoms. The van der Waals surface area contributed by atoms with Gasteiger partial charge in [0, 0.05) is 39.5 Å². The van der Waals surface area contributed by atoms with Crippen molar-refractivity contribution in [2.45, 2.75) is 69.1 Å². The Kier molecular flexibility index (Phi) is 8.83. The Morgan fingerprint density at radius 1 is 0.382 bits per heavy atom. The monoisotopic (exact) mass is 712 g/mol. The maximum atomic E-state index is 2.53. The van der Waals surface area contributed by atoms with Crippen molar-refractivity contribution >= 4 is 34.1 Å². The van der Waals surface area contributed by atoms with Crippen LogP contribution in [0.5, 0.6) is 0 Å². The van der Waals surface area contributed by atoms with Crippen molar-refractivity contribution in [2.24, 2.45) is 0 Å². The summed E-state index contributed by atoms with van der Waals surface area (Å²) in [4.78, 5) is 4.85. The molecule has 2 heteroatoms. The molecule has 0 amide bonds. The smallest absolute Gasteiger partial charge is 0.0464 e. The molecule has 2 nitrogen and oxygen atoms in total. The molecule has 270 valence electrons. The van der Waals surface area contributed by atoms with Crippen molar-refractivity contribution in [3.63, 3.8) is 0 Å². The van der Waals surface area contributed by atoms with Gasteiger partial charge in [0.1, 0.15) is 0 Å². The fourth-order valence-electron chi connectivity index (χ4n) is 10.1. The number of hydrogen-bond acceptors (Lipinski definition) is 2. The van der Waals surface area contributed by atoms with Crippen LogP contribution in [-0.2, 0) is 18.3 Å². The van der Waals surface area contributed by atoms with E-state index in [1.54, 1.807) is 0 Å². The Hall–Kier alpha value is -5.86. The van der Waals surface area contributed by atoms with E-state index < -0.39 is 0 Å². The Morgan fingerprint density at radius 2 is 0.782 bits per heavy atom. The normalized spacial score (nSPS) is 17.5. The van der Waals surface area contributed by atoms with Crippen LogP contribution in [0.15, 0.2) is 176 Å². The van der Waals surface area contributed by atoms with Crippen molar-refractivity contribution in [1.82, 2.24) is 0 Å². The molecule has 0 aliphatic heterocycles. The molecule has 1 atom stereocenters. The van der Waals surface area contributed by atoms with Gasteiger partial charge in [0.25, 0.3) is 0 Å². The predicted octanol–water partition coefficient (Wildman–Crippen LogP) is 14.5. The summed E-state index contributed by atoms with van der Waals surface area (Å²) >= 11 is 0. The van der Waals surface area contributed by atoms with Gasteiger partial charge in [-0.25, -0.2) is 0 Å². The summed E-state index contributed by atoms with van der Waals surface area (Å²) in [6.07, 6.45) is 11.3.